The molecule has 0 saturated carbocycles. The molecule has 5 nitrogen and oxygen atoms in total. The highest BCUT2D eigenvalue weighted by Crippen LogP contribution is 2.25. The van der Waals surface area contributed by atoms with Gasteiger partial charge in [0.05, 0.1) is 11.3 Å². The molecule has 0 aliphatic carbocycles. The standard InChI is InChI=1S/C16H14F2N2O3/c1-20(2)15(21)9-4-3-5-10(6-9)19-14-8-13(18)12(17)7-11(14)16(22)23/h3-8,19H,1-2H3,(H,22,23). The van der Waals surface area contributed by atoms with Gasteiger partial charge in [0.1, 0.15) is 0 Å². The molecule has 2 N–H and O–H groups in total. The number of hydrogen-bond donors (Lipinski definition) is 2. The van der Waals surface area contributed by atoms with Gasteiger partial charge in [-0.3, -0.25) is 4.79 Å². The fourth-order valence-corrected chi connectivity index (χ4v) is 1.97. The first-order valence-electron chi connectivity index (χ1n) is 6.60. The average molecular weight is 320 g/mol. The quantitative estimate of drug-likeness (QED) is 0.908. The van der Waals surface area contributed by atoms with E-state index in [0.717, 1.165) is 6.07 Å². The van der Waals surface area contributed by atoms with Crippen molar-refractivity contribution in [3.05, 3.63) is 59.2 Å². The third-order valence-corrected chi connectivity index (χ3v) is 3.09. The van der Waals surface area contributed by atoms with Crippen LogP contribution in [0.3, 0.4) is 0 Å². The van der Waals surface area contributed by atoms with Crippen LogP contribution in [0.15, 0.2) is 36.4 Å². The molecule has 23 heavy (non-hydrogen) atoms. The fraction of sp³-hybridized carbons (Fsp3) is 0.125. The van der Waals surface area contributed by atoms with Crippen molar-refractivity contribution in [3.8, 4) is 0 Å². The summed E-state index contributed by atoms with van der Waals surface area (Å²) >= 11 is 0. The van der Waals surface area contributed by atoms with E-state index in [1.807, 2.05) is 0 Å². The monoisotopic (exact) mass is 320 g/mol. The number of halogens is 2. The lowest BCUT2D eigenvalue weighted by Gasteiger charge is -2.13. The summed E-state index contributed by atoms with van der Waals surface area (Å²) in [7, 11) is 3.20. The highest BCUT2D eigenvalue weighted by Gasteiger charge is 2.16. The number of nitrogens with one attached hydrogen (secondary N) is 1. The van der Waals surface area contributed by atoms with Crippen molar-refractivity contribution >= 4 is 23.3 Å². The van der Waals surface area contributed by atoms with Crippen LogP contribution in [0.5, 0.6) is 0 Å². The molecule has 120 valence electrons. The van der Waals surface area contributed by atoms with Gasteiger partial charge in [0.15, 0.2) is 11.6 Å². The molecule has 0 aromatic heterocycles. The molecule has 0 spiro atoms. The molecule has 0 radical (unpaired) electrons. The van der Waals surface area contributed by atoms with Gasteiger partial charge in [-0.1, -0.05) is 6.07 Å². The first-order chi connectivity index (χ1) is 10.8. The normalized spacial score (nSPS) is 10.3. The van der Waals surface area contributed by atoms with E-state index in [-0.39, 0.29) is 11.6 Å². The summed E-state index contributed by atoms with van der Waals surface area (Å²) in [6.07, 6.45) is 0. The molecule has 0 aliphatic rings. The van der Waals surface area contributed by atoms with Gasteiger partial charge in [-0.25, -0.2) is 13.6 Å². The first-order valence-corrected chi connectivity index (χ1v) is 6.60. The van der Waals surface area contributed by atoms with Crippen LogP contribution in [0.25, 0.3) is 0 Å². The number of anilines is 2. The molecule has 0 unspecified atom stereocenters. The molecule has 0 atom stereocenters. The molecule has 0 bridgehead atoms. The van der Waals surface area contributed by atoms with Crippen molar-refractivity contribution in [1.29, 1.82) is 0 Å². The molecule has 0 saturated heterocycles. The second kappa shape index (κ2) is 6.43. The van der Waals surface area contributed by atoms with Gasteiger partial charge in [0.25, 0.3) is 5.91 Å². The second-order valence-corrected chi connectivity index (χ2v) is 5.02. The summed E-state index contributed by atoms with van der Waals surface area (Å²) in [5.41, 5.74) is 0.241. The van der Waals surface area contributed by atoms with E-state index >= 15 is 0 Å². The zero-order valence-electron chi connectivity index (χ0n) is 12.4. The summed E-state index contributed by atoms with van der Waals surface area (Å²) in [5, 5.41) is 11.8. The molecule has 2 aromatic rings. The molecule has 0 fully saturated rings. The molecule has 2 aromatic carbocycles. The molecule has 1 amide bonds. The number of aromatic carboxylic acids is 1. The number of carboxylic acids is 1. The van der Waals surface area contributed by atoms with Crippen LogP contribution in [0.2, 0.25) is 0 Å². The van der Waals surface area contributed by atoms with Crippen LogP contribution in [-0.2, 0) is 0 Å². The van der Waals surface area contributed by atoms with E-state index in [1.165, 1.54) is 11.0 Å². The topological polar surface area (TPSA) is 69.6 Å². The Balaban J connectivity index is 2.40. The highest BCUT2D eigenvalue weighted by molar-refractivity contribution is 5.97. The number of nitrogens with zero attached hydrogens (tertiary/aromatic N) is 1. The highest BCUT2D eigenvalue weighted by atomic mass is 19.2. The SMILES string of the molecule is CN(C)C(=O)c1cccc(Nc2cc(F)c(F)cc2C(=O)O)c1. The van der Waals surface area contributed by atoms with Crippen LogP contribution in [0.4, 0.5) is 20.2 Å². The van der Waals surface area contributed by atoms with Crippen molar-refractivity contribution in [1.82, 2.24) is 4.90 Å². The van der Waals surface area contributed by atoms with Gasteiger partial charge < -0.3 is 15.3 Å². The molecule has 0 heterocycles. The minimum Gasteiger partial charge on any atom is -0.478 e. The lowest BCUT2D eigenvalue weighted by Crippen LogP contribution is -2.21. The molecular weight excluding hydrogens is 306 g/mol. The summed E-state index contributed by atoms with van der Waals surface area (Å²) in [5.74, 6) is -4.05. The number of hydrogen-bond acceptors (Lipinski definition) is 3. The Labute approximate surface area is 131 Å². The number of benzene rings is 2. The molecular formula is C16H14F2N2O3. The van der Waals surface area contributed by atoms with Crippen LogP contribution in [0.1, 0.15) is 20.7 Å². The van der Waals surface area contributed by atoms with E-state index in [1.54, 1.807) is 32.3 Å². The number of carboxylic acid groups (broad SMARTS) is 1. The summed E-state index contributed by atoms with van der Waals surface area (Å²) in [6, 6.07) is 7.64. The Morgan fingerprint density at radius 3 is 2.35 bits per heavy atom. The fourth-order valence-electron chi connectivity index (χ4n) is 1.97. The number of rotatable bonds is 4. The molecule has 0 aliphatic heterocycles. The summed E-state index contributed by atoms with van der Waals surface area (Å²) < 4.78 is 26.6. The van der Waals surface area contributed by atoms with E-state index in [2.05, 4.69) is 5.32 Å². The predicted octanol–water partition coefficient (Wildman–Crippen LogP) is 3.11. The van der Waals surface area contributed by atoms with E-state index in [0.29, 0.717) is 17.3 Å². The van der Waals surface area contributed by atoms with Gasteiger partial charge in [-0.2, -0.15) is 0 Å². The molecule has 7 heteroatoms. The minimum absolute atomic E-state index is 0.106. The summed E-state index contributed by atoms with van der Waals surface area (Å²) in [4.78, 5) is 24.5. The van der Waals surface area contributed by atoms with Crippen LogP contribution >= 0.6 is 0 Å². The van der Waals surface area contributed by atoms with Crippen LogP contribution in [0, 0.1) is 11.6 Å². The lowest BCUT2D eigenvalue weighted by molar-refractivity contribution is 0.0696. The number of amides is 1. The summed E-state index contributed by atoms with van der Waals surface area (Å²) in [6.45, 7) is 0. The largest absolute Gasteiger partial charge is 0.478 e. The average Bonchev–Trinajstić information content (AvgIpc) is 2.49. The van der Waals surface area contributed by atoms with E-state index in [9.17, 15) is 18.4 Å². The van der Waals surface area contributed by atoms with Crippen molar-refractivity contribution < 1.29 is 23.5 Å². The zero-order valence-corrected chi connectivity index (χ0v) is 12.4. The minimum atomic E-state index is -1.40. The van der Waals surface area contributed by atoms with Crippen molar-refractivity contribution in [3.63, 3.8) is 0 Å². The van der Waals surface area contributed by atoms with Gasteiger partial charge in [0.2, 0.25) is 0 Å². The van der Waals surface area contributed by atoms with Crippen LogP contribution in [-0.4, -0.2) is 36.0 Å². The maximum Gasteiger partial charge on any atom is 0.337 e. The van der Waals surface area contributed by atoms with E-state index in [4.69, 9.17) is 5.11 Å². The van der Waals surface area contributed by atoms with Gasteiger partial charge in [-0.05, 0) is 24.3 Å². The third-order valence-electron chi connectivity index (χ3n) is 3.09. The smallest absolute Gasteiger partial charge is 0.337 e. The van der Waals surface area contributed by atoms with Gasteiger partial charge in [0, 0.05) is 31.4 Å². The van der Waals surface area contributed by atoms with Crippen molar-refractivity contribution in [2.75, 3.05) is 19.4 Å². The van der Waals surface area contributed by atoms with Crippen LogP contribution < -0.4 is 5.32 Å². The predicted molar refractivity (Wildman–Crippen MR) is 81.1 cm³/mol. The Morgan fingerprint density at radius 1 is 1.09 bits per heavy atom. The third kappa shape index (κ3) is 3.63. The van der Waals surface area contributed by atoms with Crippen molar-refractivity contribution in [2.45, 2.75) is 0 Å². The molecule has 2 rings (SSSR count). The Bertz CT molecular complexity index is 776. The number of carbonyl (C=O) groups excluding carboxylic acids is 1. The van der Waals surface area contributed by atoms with Crippen molar-refractivity contribution in [2.24, 2.45) is 0 Å². The Kier molecular flexibility index (Phi) is 4.59. The van der Waals surface area contributed by atoms with E-state index < -0.39 is 23.2 Å². The van der Waals surface area contributed by atoms with Gasteiger partial charge in [-0.15, -0.1) is 0 Å². The first kappa shape index (κ1) is 16.4. The maximum atomic E-state index is 13.4. The lowest BCUT2D eigenvalue weighted by atomic mass is 10.1. The Morgan fingerprint density at radius 2 is 1.74 bits per heavy atom. The Hall–Kier alpha value is -2.96. The maximum absolute atomic E-state index is 13.4. The van der Waals surface area contributed by atoms with Gasteiger partial charge >= 0.3 is 5.97 Å². The number of carbonyl (C=O) groups is 2. The second-order valence-electron chi connectivity index (χ2n) is 5.02. The zero-order chi connectivity index (χ0) is 17.1.